The number of guanidine groups is 1. The second-order valence-electron chi connectivity index (χ2n) is 5.97. The number of hydrogen-bond acceptors (Lipinski definition) is 6. The van der Waals surface area contributed by atoms with Gasteiger partial charge in [0.25, 0.3) is 0 Å². The molecule has 11 N–H and O–H groups in total. The van der Waals surface area contributed by atoms with Crippen LogP contribution in [0.15, 0.2) is 4.99 Å². The summed E-state index contributed by atoms with van der Waals surface area (Å²) in [6.45, 7) is 2.26. The molecule has 0 aromatic heterocycles. The molecule has 0 rings (SSSR count). The summed E-state index contributed by atoms with van der Waals surface area (Å²) >= 11 is 0. The van der Waals surface area contributed by atoms with E-state index in [0.717, 1.165) is 0 Å². The highest BCUT2D eigenvalue weighted by Crippen LogP contribution is 2.03. The molecule has 3 atom stereocenters. The summed E-state index contributed by atoms with van der Waals surface area (Å²) in [7, 11) is 0. The molecule has 0 radical (unpaired) electrons. The minimum absolute atomic E-state index is 0.0256. The lowest BCUT2D eigenvalue weighted by molar-refractivity contribution is -0.142. The summed E-state index contributed by atoms with van der Waals surface area (Å²) in [4.78, 5) is 39.1. The van der Waals surface area contributed by atoms with Crippen LogP contribution < -0.4 is 33.6 Å². The molecule has 0 saturated heterocycles. The molecule has 0 aliphatic carbocycles. The number of rotatable bonds is 13. The van der Waals surface area contributed by atoms with Crippen molar-refractivity contribution >= 4 is 23.7 Å². The normalized spacial score (nSPS) is 14.0. The second kappa shape index (κ2) is 12.9. The second-order valence-corrected chi connectivity index (χ2v) is 5.97. The van der Waals surface area contributed by atoms with Crippen LogP contribution in [-0.4, -0.2) is 60.1 Å². The Morgan fingerprint density at radius 1 is 1.04 bits per heavy atom. The largest absolute Gasteiger partial charge is 0.480 e. The van der Waals surface area contributed by atoms with E-state index in [1.165, 1.54) is 6.92 Å². The third-order valence-electron chi connectivity index (χ3n) is 3.62. The Kier molecular flexibility index (Phi) is 11.7. The molecule has 0 aromatic rings. The molecule has 0 spiro atoms. The van der Waals surface area contributed by atoms with Crippen LogP contribution >= 0.6 is 0 Å². The minimum Gasteiger partial charge on any atom is -0.480 e. The lowest BCUT2D eigenvalue weighted by atomic mass is 10.1. The van der Waals surface area contributed by atoms with Gasteiger partial charge in [0.2, 0.25) is 11.8 Å². The van der Waals surface area contributed by atoms with Crippen molar-refractivity contribution < 1.29 is 19.5 Å². The van der Waals surface area contributed by atoms with E-state index in [-0.39, 0.29) is 12.4 Å². The topological polar surface area (TPSA) is 212 Å². The maximum absolute atomic E-state index is 12.1. The lowest BCUT2D eigenvalue weighted by Gasteiger charge is -2.20. The fourth-order valence-electron chi connectivity index (χ4n) is 2.08. The maximum atomic E-state index is 12.1. The highest BCUT2D eigenvalue weighted by Gasteiger charge is 2.24. The number of nitrogens with two attached hydrogens (primary N) is 4. The van der Waals surface area contributed by atoms with Crippen LogP contribution in [0.25, 0.3) is 0 Å². The zero-order chi connectivity index (χ0) is 20.1. The third kappa shape index (κ3) is 10.5. The van der Waals surface area contributed by atoms with Crippen molar-refractivity contribution in [2.24, 2.45) is 27.9 Å². The summed E-state index contributed by atoms with van der Waals surface area (Å²) in [6.07, 6.45) is 2.32. The average Bonchev–Trinajstić information content (AvgIpc) is 2.57. The molecule has 0 aliphatic heterocycles. The summed E-state index contributed by atoms with van der Waals surface area (Å²) in [5.74, 6) is -2.26. The van der Waals surface area contributed by atoms with Gasteiger partial charge in [-0.25, -0.2) is 4.79 Å². The number of nitrogens with one attached hydrogen (secondary N) is 2. The van der Waals surface area contributed by atoms with Crippen molar-refractivity contribution in [1.82, 2.24) is 10.6 Å². The average molecular weight is 373 g/mol. The molecule has 0 unspecified atom stereocenters. The van der Waals surface area contributed by atoms with Gasteiger partial charge in [-0.3, -0.25) is 14.6 Å². The summed E-state index contributed by atoms with van der Waals surface area (Å²) in [5.41, 5.74) is 21.4. The van der Waals surface area contributed by atoms with Gasteiger partial charge >= 0.3 is 5.97 Å². The molecule has 2 amide bonds. The van der Waals surface area contributed by atoms with E-state index in [4.69, 9.17) is 22.9 Å². The number of unbranched alkanes of at least 4 members (excludes halogenated alkanes) is 1. The molecular weight excluding hydrogens is 342 g/mol. The molecular formula is C15H31N7O4. The van der Waals surface area contributed by atoms with Crippen LogP contribution in [0, 0.1) is 0 Å². The standard InChI is InChI=1S/C15H31N7O4/c1-9(21-13(24)10(17)5-4-7-16)12(23)22-11(14(25)26)6-2-3-8-20-15(18)19/h9-11H,2-8,16-17H2,1H3,(H,21,24)(H,22,23)(H,25,26)(H4,18,19,20)/t9-,10-,11-/m0/s1. The van der Waals surface area contributed by atoms with Crippen molar-refractivity contribution in [3.63, 3.8) is 0 Å². The highest BCUT2D eigenvalue weighted by atomic mass is 16.4. The predicted octanol–water partition coefficient (Wildman–Crippen LogP) is -2.43. The Bertz CT molecular complexity index is 494. The smallest absolute Gasteiger partial charge is 0.326 e. The van der Waals surface area contributed by atoms with Gasteiger partial charge in [0, 0.05) is 6.54 Å². The van der Waals surface area contributed by atoms with Gasteiger partial charge in [-0.15, -0.1) is 0 Å². The fourth-order valence-corrected chi connectivity index (χ4v) is 2.08. The summed E-state index contributed by atoms with van der Waals surface area (Å²) in [5, 5.41) is 14.1. The van der Waals surface area contributed by atoms with Gasteiger partial charge in [-0.1, -0.05) is 0 Å². The molecule has 0 heterocycles. The first-order valence-corrected chi connectivity index (χ1v) is 8.53. The van der Waals surface area contributed by atoms with Crippen LogP contribution in [-0.2, 0) is 14.4 Å². The Labute approximate surface area is 152 Å². The van der Waals surface area contributed by atoms with Gasteiger partial charge in [-0.2, -0.15) is 0 Å². The number of aliphatic imine (C=N–C) groups is 1. The first-order chi connectivity index (χ1) is 12.2. The van der Waals surface area contributed by atoms with Gasteiger partial charge in [-0.05, 0) is 45.6 Å². The maximum Gasteiger partial charge on any atom is 0.326 e. The number of hydrogen-bond donors (Lipinski definition) is 7. The van der Waals surface area contributed by atoms with Crippen molar-refractivity contribution in [3.8, 4) is 0 Å². The van der Waals surface area contributed by atoms with Crippen LogP contribution in [0.3, 0.4) is 0 Å². The number of carbonyl (C=O) groups is 3. The van der Waals surface area contributed by atoms with E-state index in [9.17, 15) is 19.5 Å². The molecule has 11 heteroatoms. The number of carboxylic acid groups (broad SMARTS) is 1. The van der Waals surface area contributed by atoms with Crippen LogP contribution in [0.5, 0.6) is 0 Å². The Hall–Kier alpha value is -2.40. The zero-order valence-electron chi connectivity index (χ0n) is 15.1. The number of nitrogens with zero attached hydrogens (tertiary/aromatic N) is 1. The SMILES string of the molecule is C[C@H](NC(=O)[C@@H](N)CCCN)C(=O)N[C@@H](CCCCN=C(N)N)C(=O)O. The van der Waals surface area contributed by atoms with Gasteiger partial charge in [0.1, 0.15) is 12.1 Å². The fraction of sp³-hybridized carbons (Fsp3) is 0.733. The van der Waals surface area contributed by atoms with Crippen LogP contribution in [0.4, 0.5) is 0 Å². The number of amides is 2. The zero-order valence-corrected chi connectivity index (χ0v) is 15.1. The molecule has 0 fully saturated rings. The molecule has 26 heavy (non-hydrogen) atoms. The monoisotopic (exact) mass is 373 g/mol. The third-order valence-corrected chi connectivity index (χ3v) is 3.62. The van der Waals surface area contributed by atoms with Crippen molar-refractivity contribution in [2.75, 3.05) is 13.1 Å². The number of carbonyl (C=O) groups excluding carboxylic acids is 2. The summed E-state index contributed by atoms with van der Waals surface area (Å²) < 4.78 is 0. The van der Waals surface area contributed by atoms with E-state index in [2.05, 4.69) is 15.6 Å². The molecule has 11 nitrogen and oxygen atoms in total. The number of aliphatic carboxylic acids is 1. The van der Waals surface area contributed by atoms with Gasteiger partial charge < -0.3 is 38.7 Å². The predicted molar refractivity (Wildman–Crippen MR) is 98.0 cm³/mol. The number of carboxylic acids is 1. The molecule has 150 valence electrons. The Balaban J connectivity index is 4.40. The van der Waals surface area contributed by atoms with E-state index in [1.54, 1.807) is 0 Å². The van der Waals surface area contributed by atoms with E-state index in [0.29, 0.717) is 38.8 Å². The minimum atomic E-state index is -1.15. The van der Waals surface area contributed by atoms with Gasteiger partial charge in [0.15, 0.2) is 5.96 Å². The van der Waals surface area contributed by atoms with E-state index < -0.39 is 35.9 Å². The van der Waals surface area contributed by atoms with Gasteiger partial charge in [0.05, 0.1) is 6.04 Å². The van der Waals surface area contributed by atoms with Crippen molar-refractivity contribution in [1.29, 1.82) is 0 Å². The van der Waals surface area contributed by atoms with Crippen molar-refractivity contribution in [3.05, 3.63) is 0 Å². The first kappa shape index (κ1) is 23.6. The van der Waals surface area contributed by atoms with E-state index in [1.807, 2.05) is 0 Å². The van der Waals surface area contributed by atoms with Crippen LogP contribution in [0.2, 0.25) is 0 Å². The lowest BCUT2D eigenvalue weighted by Crippen LogP contribution is -2.53. The highest BCUT2D eigenvalue weighted by molar-refractivity contribution is 5.91. The molecule has 0 bridgehead atoms. The van der Waals surface area contributed by atoms with E-state index >= 15 is 0 Å². The van der Waals surface area contributed by atoms with Crippen molar-refractivity contribution in [2.45, 2.75) is 57.2 Å². The molecule has 0 saturated carbocycles. The molecule has 0 aromatic carbocycles. The first-order valence-electron chi connectivity index (χ1n) is 8.53. The quantitative estimate of drug-likeness (QED) is 0.104. The molecule has 0 aliphatic rings. The Morgan fingerprint density at radius 3 is 2.23 bits per heavy atom. The summed E-state index contributed by atoms with van der Waals surface area (Å²) in [6, 6.07) is -2.73. The Morgan fingerprint density at radius 2 is 1.69 bits per heavy atom. The van der Waals surface area contributed by atoms with Crippen LogP contribution in [0.1, 0.15) is 39.0 Å².